The van der Waals surface area contributed by atoms with Gasteiger partial charge in [-0.05, 0) is 30.2 Å². The lowest BCUT2D eigenvalue weighted by atomic mass is 10.1. The molecule has 3 aromatic rings. The predicted molar refractivity (Wildman–Crippen MR) is 97.1 cm³/mol. The number of aryl methyl sites for hydroxylation is 1. The maximum absolute atomic E-state index is 5.74. The molecule has 2 aromatic carbocycles. The van der Waals surface area contributed by atoms with Gasteiger partial charge >= 0.3 is 0 Å². The monoisotopic (exact) mass is 324 g/mol. The first-order chi connectivity index (χ1) is 11.2. The van der Waals surface area contributed by atoms with Crippen LogP contribution in [0.15, 0.2) is 47.8 Å². The van der Waals surface area contributed by atoms with Crippen LogP contribution in [-0.2, 0) is 12.8 Å². The molecule has 1 aromatic heterocycles. The molecule has 4 heteroatoms. The number of aromatic nitrogens is 1. The van der Waals surface area contributed by atoms with Crippen molar-refractivity contribution < 1.29 is 4.74 Å². The van der Waals surface area contributed by atoms with Gasteiger partial charge in [0.2, 0.25) is 0 Å². The molecule has 0 amide bonds. The summed E-state index contributed by atoms with van der Waals surface area (Å²) in [6, 6.07) is 14.2. The highest BCUT2D eigenvalue weighted by atomic mass is 32.1. The second-order valence-corrected chi connectivity index (χ2v) is 6.37. The lowest BCUT2D eigenvalue weighted by Gasteiger charge is -2.09. The van der Waals surface area contributed by atoms with Crippen LogP contribution in [0.4, 0.5) is 5.69 Å². The van der Waals surface area contributed by atoms with Crippen LogP contribution in [0.25, 0.3) is 11.3 Å². The summed E-state index contributed by atoms with van der Waals surface area (Å²) < 4.78 is 5.48. The predicted octanol–water partition coefficient (Wildman–Crippen LogP) is 4.55. The van der Waals surface area contributed by atoms with Gasteiger partial charge in [0.05, 0.1) is 17.8 Å². The summed E-state index contributed by atoms with van der Waals surface area (Å²) in [5, 5.41) is 3.18. The van der Waals surface area contributed by atoms with Crippen molar-refractivity contribution in [1.82, 2.24) is 4.98 Å². The van der Waals surface area contributed by atoms with Crippen molar-refractivity contribution in [3.05, 3.63) is 64.0 Å². The van der Waals surface area contributed by atoms with E-state index in [1.54, 1.807) is 18.4 Å². The van der Waals surface area contributed by atoms with Crippen LogP contribution >= 0.6 is 11.3 Å². The Morgan fingerprint density at radius 3 is 2.61 bits per heavy atom. The summed E-state index contributed by atoms with van der Waals surface area (Å²) in [7, 11) is 1.71. The molecule has 0 fully saturated rings. The summed E-state index contributed by atoms with van der Waals surface area (Å²) in [5.74, 6) is 0.923. The van der Waals surface area contributed by atoms with Crippen molar-refractivity contribution in [3.63, 3.8) is 0 Å². The molecule has 23 heavy (non-hydrogen) atoms. The van der Waals surface area contributed by atoms with E-state index in [1.807, 2.05) is 30.3 Å². The zero-order chi connectivity index (χ0) is 16.2. The summed E-state index contributed by atoms with van der Waals surface area (Å²) in [6.07, 6.45) is 1.81. The molecule has 3 rings (SSSR count). The van der Waals surface area contributed by atoms with Gasteiger partial charge in [0.1, 0.15) is 5.75 Å². The average molecular weight is 324 g/mol. The highest BCUT2D eigenvalue weighted by Gasteiger charge is 2.09. The number of benzene rings is 2. The van der Waals surface area contributed by atoms with E-state index in [-0.39, 0.29) is 0 Å². The molecule has 1 heterocycles. The van der Waals surface area contributed by atoms with Gasteiger partial charge in [-0.15, -0.1) is 11.3 Å². The molecule has 0 radical (unpaired) electrons. The smallest absolute Gasteiger partial charge is 0.122 e. The zero-order valence-electron chi connectivity index (χ0n) is 13.4. The molecule has 0 saturated carbocycles. The third kappa shape index (κ3) is 3.54. The normalized spacial score (nSPS) is 10.7. The van der Waals surface area contributed by atoms with E-state index in [0.29, 0.717) is 0 Å². The van der Waals surface area contributed by atoms with Crippen LogP contribution in [0.3, 0.4) is 0 Å². The first kappa shape index (κ1) is 15.6. The molecule has 0 spiro atoms. The lowest BCUT2D eigenvalue weighted by Crippen LogP contribution is -1.95. The topological polar surface area (TPSA) is 48.1 Å². The number of nitrogens with two attached hydrogens (primary N) is 1. The van der Waals surface area contributed by atoms with Crippen LogP contribution in [-0.4, -0.2) is 12.1 Å². The van der Waals surface area contributed by atoms with E-state index in [4.69, 9.17) is 15.5 Å². The average Bonchev–Trinajstić information content (AvgIpc) is 3.04. The highest BCUT2D eigenvalue weighted by Crippen LogP contribution is 2.27. The molecule has 0 aliphatic carbocycles. The Hall–Kier alpha value is -2.33. The molecule has 0 unspecified atom stereocenters. The van der Waals surface area contributed by atoms with E-state index < -0.39 is 0 Å². The van der Waals surface area contributed by atoms with Crippen LogP contribution in [0.1, 0.15) is 23.1 Å². The Morgan fingerprint density at radius 1 is 1.13 bits per heavy atom. The van der Waals surface area contributed by atoms with Crippen molar-refractivity contribution in [3.8, 4) is 17.0 Å². The number of ether oxygens (including phenoxy) is 1. The standard InChI is InChI=1S/C19H20N2OS/c1-3-13-4-9-18(22-2)15(10-13)11-19-21-17(12-23-19)14-5-7-16(20)8-6-14/h4-10,12H,3,11,20H2,1-2H3. The Balaban J connectivity index is 1.85. The minimum absolute atomic E-state index is 0.769. The Kier molecular flexibility index (Phi) is 4.63. The van der Waals surface area contributed by atoms with E-state index in [1.165, 1.54) is 11.1 Å². The summed E-state index contributed by atoms with van der Waals surface area (Å²) in [4.78, 5) is 4.76. The summed E-state index contributed by atoms with van der Waals surface area (Å²) in [5.41, 5.74) is 11.1. The summed E-state index contributed by atoms with van der Waals surface area (Å²) >= 11 is 1.68. The van der Waals surface area contributed by atoms with Crippen molar-refractivity contribution in [2.45, 2.75) is 19.8 Å². The Labute approximate surface area is 140 Å². The number of nitrogens with zero attached hydrogens (tertiary/aromatic N) is 1. The van der Waals surface area contributed by atoms with Crippen LogP contribution in [0.5, 0.6) is 5.75 Å². The van der Waals surface area contributed by atoms with Gasteiger partial charge in [0.15, 0.2) is 0 Å². The van der Waals surface area contributed by atoms with Crippen LogP contribution in [0.2, 0.25) is 0 Å². The van der Waals surface area contributed by atoms with E-state index in [2.05, 4.69) is 24.4 Å². The second kappa shape index (κ2) is 6.84. The van der Waals surface area contributed by atoms with Gasteiger partial charge in [0, 0.05) is 28.6 Å². The SMILES string of the molecule is CCc1ccc(OC)c(Cc2nc(-c3ccc(N)cc3)cs2)c1. The Morgan fingerprint density at radius 2 is 1.91 bits per heavy atom. The van der Waals surface area contributed by atoms with Gasteiger partial charge in [-0.2, -0.15) is 0 Å². The molecule has 118 valence electrons. The van der Waals surface area contributed by atoms with Gasteiger partial charge in [-0.1, -0.05) is 31.2 Å². The van der Waals surface area contributed by atoms with E-state index in [0.717, 1.165) is 40.5 Å². The molecule has 0 saturated heterocycles. The fourth-order valence-electron chi connectivity index (χ4n) is 2.53. The maximum Gasteiger partial charge on any atom is 0.122 e. The third-order valence-corrected chi connectivity index (χ3v) is 4.70. The maximum atomic E-state index is 5.74. The van der Waals surface area contributed by atoms with E-state index in [9.17, 15) is 0 Å². The molecular formula is C19H20N2OS. The molecule has 2 N–H and O–H groups in total. The first-order valence-electron chi connectivity index (χ1n) is 7.65. The number of nitrogen functional groups attached to an aromatic ring is 1. The third-order valence-electron chi connectivity index (χ3n) is 3.85. The van der Waals surface area contributed by atoms with Gasteiger partial charge in [-0.25, -0.2) is 4.98 Å². The second-order valence-electron chi connectivity index (χ2n) is 5.43. The molecule has 0 aliphatic rings. The van der Waals surface area contributed by atoms with Gasteiger partial charge < -0.3 is 10.5 Å². The lowest BCUT2D eigenvalue weighted by molar-refractivity contribution is 0.410. The largest absolute Gasteiger partial charge is 0.496 e. The van der Waals surface area contributed by atoms with Crippen molar-refractivity contribution in [2.75, 3.05) is 12.8 Å². The minimum atomic E-state index is 0.769. The zero-order valence-corrected chi connectivity index (χ0v) is 14.2. The quantitative estimate of drug-likeness (QED) is 0.700. The van der Waals surface area contributed by atoms with E-state index >= 15 is 0 Å². The minimum Gasteiger partial charge on any atom is -0.496 e. The van der Waals surface area contributed by atoms with Crippen LogP contribution in [0, 0.1) is 0 Å². The first-order valence-corrected chi connectivity index (χ1v) is 8.53. The molecule has 0 aliphatic heterocycles. The Bertz CT molecular complexity index is 793. The number of hydrogen-bond donors (Lipinski definition) is 1. The number of rotatable bonds is 5. The number of methoxy groups -OCH3 is 1. The fraction of sp³-hybridized carbons (Fsp3) is 0.211. The fourth-order valence-corrected chi connectivity index (χ4v) is 3.36. The van der Waals surface area contributed by atoms with Crippen LogP contribution < -0.4 is 10.5 Å². The number of anilines is 1. The van der Waals surface area contributed by atoms with Crippen molar-refractivity contribution in [2.24, 2.45) is 0 Å². The van der Waals surface area contributed by atoms with Gasteiger partial charge in [-0.3, -0.25) is 0 Å². The van der Waals surface area contributed by atoms with Crippen molar-refractivity contribution in [1.29, 1.82) is 0 Å². The molecule has 0 atom stereocenters. The molecule has 3 nitrogen and oxygen atoms in total. The van der Waals surface area contributed by atoms with Gasteiger partial charge in [0.25, 0.3) is 0 Å². The highest BCUT2D eigenvalue weighted by molar-refractivity contribution is 7.10. The molecule has 0 bridgehead atoms. The van der Waals surface area contributed by atoms with Crippen molar-refractivity contribution >= 4 is 17.0 Å². The number of thiazole rings is 1. The summed E-state index contributed by atoms with van der Waals surface area (Å²) in [6.45, 7) is 2.16. The number of hydrogen-bond acceptors (Lipinski definition) is 4. The molecular weight excluding hydrogens is 304 g/mol.